The Morgan fingerprint density at radius 2 is 1.64 bits per heavy atom. The lowest BCUT2D eigenvalue weighted by atomic mass is 9.74. The number of fused-ring (bicyclic) bond motifs is 1. The summed E-state index contributed by atoms with van der Waals surface area (Å²) in [5.74, 6) is -4.98. The van der Waals surface area contributed by atoms with Gasteiger partial charge in [-0.1, -0.05) is 0 Å². The molecular formula is C27H30F4N8O6. The summed E-state index contributed by atoms with van der Waals surface area (Å²) >= 11 is 0. The predicted octanol–water partition coefficient (Wildman–Crippen LogP) is 1.63. The van der Waals surface area contributed by atoms with Gasteiger partial charge in [0.2, 0.25) is 11.8 Å². The van der Waals surface area contributed by atoms with Crippen LogP contribution in [0.1, 0.15) is 78.5 Å². The van der Waals surface area contributed by atoms with E-state index in [0.29, 0.717) is 26.2 Å². The van der Waals surface area contributed by atoms with E-state index in [9.17, 15) is 32.3 Å². The molecule has 2 N–H and O–H groups in total. The average Bonchev–Trinajstić information content (AvgIpc) is 3.52. The molecular weight excluding hydrogens is 608 g/mol. The van der Waals surface area contributed by atoms with Gasteiger partial charge in [-0.3, -0.25) is 34.3 Å². The van der Waals surface area contributed by atoms with Gasteiger partial charge < -0.3 is 10.0 Å². The quantitative estimate of drug-likeness (QED) is 0.360. The van der Waals surface area contributed by atoms with E-state index < -0.39 is 47.6 Å². The maximum atomic E-state index is 15.3. The number of hydrogen-bond acceptors (Lipinski definition) is 10. The number of nitrogens with one attached hydrogen (secondary N) is 1. The van der Waals surface area contributed by atoms with Gasteiger partial charge >= 0.3 is 12.1 Å². The largest absolute Gasteiger partial charge is 0.490 e. The van der Waals surface area contributed by atoms with Crippen LogP contribution < -0.4 is 10.2 Å². The highest BCUT2D eigenvalue weighted by Crippen LogP contribution is 2.46. The van der Waals surface area contributed by atoms with Gasteiger partial charge in [0.1, 0.15) is 11.9 Å². The number of halogens is 4. The number of alkyl halides is 3. The van der Waals surface area contributed by atoms with E-state index >= 15 is 4.39 Å². The number of piperazine rings is 1. The third kappa shape index (κ3) is 5.73. The fourth-order valence-corrected chi connectivity index (χ4v) is 6.14. The summed E-state index contributed by atoms with van der Waals surface area (Å²) in [6, 6.07) is 1.56. The molecule has 14 nitrogen and oxygen atoms in total. The molecule has 0 radical (unpaired) electrons. The van der Waals surface area contributed by atoms with Crippen molar-refractivity contribution in [1.82, 2.24) is 35.3 Å². The Balaban J connectivity index is 0.000000515. The molecule has 45 heavy (non-hydrogen) atoms. The first-order valence-electron chi connectivity index (χ1n) is 14.3. The highest BCUT2D eigenvalue weighted by Gasteiger charge is 2.50. The molecule has 6 rings (SSSR count). The van der Waals surface area contributed by atoms with Crippen LogP contribution in [0.3, 0.4) is 0 Å². The third-order valence-electron chi connectivity index (χ3n) is 8.55. The molecule has 2 aromatic rings. The molecule has 1 atom stereocenters. The summed E-state index contributed by atoms with van der Waals surface area (Å²) in [6.45, 7) is 6.48. The minimum atomic E-state index is -5.08. The summed E-state index contributed by atoms with van der Waals surface area (Å²) in [6.07, 6.45) is -2.00. The van der Waals surface area contributed by atoms with Crippen LogP contribution in [0.15, 0.2) is 12.1 Å². The van der Waals surface area contributed by atoms with Crippen molar-refractivity contribution in [2.75, 3.05) is 31.1 Å². The zero-order chi connectivity index (χ0) is 32.8. The minimum absolute atomic E-state index is 0.0265. The number of anilines is 1. The molecule has 4 amide bonds. The van der Waals surface area contributed by atoms with Gasteiger partial charge in [-0.2, -0.15) is 13.2 Å². The number of piperidine rings is 1. The van der Waals surface area contributed by atoms with Crippen LogP contribution in [0.25, 0.3) is 0 Å². The van der Waals surface area contributed by atoms with E-state index in [0.717, 1.165) is 36.1 Å². The number of carboxylic acid groups (broad SMARTS) is 1. The van der Waals surface area contributed by atoms with Crippen molar-refractivity contribution >= 4 is 35.3 Å². The minimum Gasteiger partial charge on any atom is -0.475 e. The third-order valence-corrected chi connectivity index (χ3v) is 8.55. The maximum absolute atomic E-state index is 15.3. The number of aromatic nitrogens is 4. The lowest BCUT2D eigenvalue weighted by Gasteiger charge is -2.52. The number of carbonyl (C=O) groups excluding carboxylic acids is 4. The van der Waals surface area contributed by atoms with Crippen molar-refractivity contribution in [3.8, 4) is 0 Å². The molecule has 0 bridgehead atoms. The first kappa shape index (κ1) is 31.9. The Kier molecular flexibility index (Phi) is 8.37. The highest BCUT2D eigenvalue weighted by atomic mass is 19.4. The molecule has 3 fully saturated rings. The van der Waals surface area contributed by atoms with Crippen molar-refractivity contribution in [3.05, 3.63) is 34.9 Å². The molecule has 4 heterocycles. The number of carbonyl (C=O) groups is 5. The number of aliphatic carboxylic acids is 1. The summed E-state index contributed by atoms with van der Waals surface area (Å²) in [7, 11) is 0. The van der Waals surface area contributed by atoms with E-state index in [1.54, 1.807) is 0 Å². The van der Waals surface area contributed by atoms with Crippen molar-refractivity contribution in [1.29, 1.82) is 0 Å². The number of nitrogens with zero attached hydrogens (tertiary/aromatic N) is 7. The number of benzene rings is 1. The second kappa shape index (κ2) is 11.8. The standard InChI is InChI=1S/C25H29FN8O4.C2HF3O2/c1-14(2)34-24(28-29-30-34)25(6-3-7-25)32-10-8-31(9-11-32)19-13-16-15(12-17(19)26)22(37)33(23(16)38)18-4-5-20(35)27-21(18)36;3-2(4,5)1(6)7/h12-14,18H,3-11H2,1-2H3,(H,27,35,36);(H,6,7). The Bertz CT molecular complexity index is 1550. The fourth-order valence-electron chi connectivity index (χ4n) is 6.14. The van der Waals surface area contributed by atoms with Crippen LogP contribution in [-0.2, 0) is 19.9 Å². The second-order valence-corrected chi connectivity index (χ2v) is 11.5. The van der Waals surface area contributed by atoms with Gasteiger partial charge in [0.15, 0.2) is 5.82 Å². The second-order valence-electron chi connectivity index (χ2n) is 11.5. The Hall–Kier alpha value is -4.48. The first-order valence-corrected chi connectivity index (χ1v) is 14.3. The van der Waals surface area contributed by atoms with Gasteiger partial charge in [0.25, 0.3) is 11.8 Å². The predicted molar refractivity (Wildman–Crippen MR) is 144 cm³/mol. The summed E-state index contributed by atoms with van der Waals surface area (Å²) in [4.78, 5) is 64.0. The van der Waals surface area contributed by atoms with Gasteiger partial charge in [-0.15, -0.1) is 5.10 Å². The van der Waals surface area contributed by atoms with E-state index in [1.807, 2.05) is 23.4 Å². The molecule has 1 unspecified atom stereocenters. The van der Waals surface area contributed by atoms with E-state index in [1.165, 1.54) is 6.07 Å². The molecule has 18 heteroatoms. The Labute approximate surface area is 253 Å². The molecule has 1 aliphatic carbocycles. The molecule has 1 aromatic heterocycles. The molecule has 2 saturated heterocycles. The first-order chi connectivity index (χ1) is 21.2. The number of hydrogen-bond donors (Lipinski definition) is 2. The van der Waals surface area contributed by atoms with Gasteiger partial charge in [0.05, 0.1) is 28.4 Å². The topological polar surface area (TPSA) is 171 Å². The lowest BCUT2D eigenvalue weighted by molar-refractivity contribution is -0.192. The van der Waals surface area contributed by atoms with E-state index in [2.05, 4.69) is 25.7 Å². The average molecular weight is 639 g/mol. The van der Waals surface area contributed by atoms with Crippen molar-refractivity contribution in [3.63, 3.8) is 0 Å². The van der Waals surface area contributed by atoms with Gasteiger partial charge in [-0.25, -0.2) is 13.9 Å². The SMILES string of the molecule is CC(C)n1nnnc1C1(N2CCN(c3cc4c(cc3F)C(=O)N(C3CCC(=O)NC3=O)C4=O)CC2)CCC1.O=C(O)C(F)(F)F. The van der Waals surface area contributed by atoms with Crippen LogP contribution in [0, 0.1) is 5.82 Å². The monoisotopic (exact) mass is 638 g/mol. The van der Waals surface area contributed by atoms with Crippen molar-refractivity contribution < 1.29 is 46.6 Å². The van der Waals surface area contributed by atoms with Crippen LogP contribution in [0.5, 0.6) is 0 Å². The molecule has 1 aromatic carbocycles. The van der Waals surface area contributed by atoms with Crippen LogP contribution in [0.4, 0.5) is 23.2 Å². The van der Waals surface area contributed by atoms with Crippen LogP contribution in [0.2, 0.25) is 0 Å². The highest BCUT2D eigenvalue weighted by molar-refractivity contribution is 6.23. The molecule has 1 saturated carbocycles. The number of carboxylic acids is 1. The van der Waals surface area contributed by atoms with Crippen molar-refractivity contribution in [2.24, 2.45) is 0 Å². The fraction of sp³-hybridized carbons (Fsp3) is 0.556. The van der Waals surface area contributed by atoms with Crippen LogP contribution >= 0.6 is 0 Å². The summed E-state index contributed by atoms with van der Waals surface area (Å²) in [5.41, 5.74) is 0.0317. The number of rotatable bonds is 5. The Morgan fingerprint density at radius 1 is 1.04 bits per heavy atom. The Morgan fingerprint density at radius 3 is 2.16 bits per heavy atom. The smallest absolute Gasteiger partial charge is 0.475 e. The zero-order valence-electron chi connectivity index (χ0n) is 24.3. The normalized spacial score (nSPS) is 21.7. The van der Waals surface area contributed by atoms with Crippen LogP contribution in [-0.4, -0.2) is 103 Å². The number of tetrazole rings is 1. The van der Waals surface area contributed by atoms with E-state index in [-0.39, 0.29) is 41.2 Å². The number of imide groups is 2. The number of amides is 4. The molecule has 4 aliphatic rings. The van der Waals surface area contributed by atoms with Gasteiger partial charge in [-0.05, 0) is 62.1 Å². The summed E-state index contributed by atoms with van der Waals surface area (Å²) in [5, 5.41) is 21.8. The molecule has 3 aliphatic heterocycles. The molecule has 0 spiro atoms. The lowest BCUT2D eigenvalue weighted by Crippen LogP contribution is -2.59. The summed E-state index contributed by atoms with van der Waals surface area (Å²) < 4.78 is 48.9. The molecule has 242 valence electrons. The maximum Gasteiger partial charge on any atom is 0.490 e. The van der Waals surface area contributed by atoms with Gasteiger partial charge in [0, 0.05) is 32.6 Å². The zero-order valence-corrected chi connectivity index (χ0v) is 24.3. The van der Waals surface area contributed by atoms with Crippen molar-refractivity contribution in [2.45, 2.75) is 69.8 Å². The van der Waals surface area contributed by atoms with E-state index in [4.69, 9.17) is 9.90 Å².